The predicted octanol–water partition coefficient (Wildman–Crippen LogP) is 3.21. The summed E-state index contributed by atoms with van der Waals surface area (Å²) < 4.78 is 2.03. The number of amides is 3. The van der Waals surface area contributed by atoms with Gasteiger partial charge in [-0.15, -0.1) is 0 Å². The number of likely N-dealkylation sites (tertiary alicyclic amines) is 1. The molecule has 1 spiro atoms. The number of fused-ring (bicyclic) bond motifs is 1. The molecule has 2 saturated heterocycles. The normalized spacial score (nSPS) is 19.8. The maximum atomic E-state index is 13.6. The van der Waals surface area contributed by atoms with Gasteiger partial charge in [0.1, 0.15) is 17.3 Å². The number of carbonyl (C=O) groups is 2. The number of nitrogens with zero attached hydrogens (tertiary/aromatic N) is 6. The van der Waals surface area contributed by atoms with Crippen molar-refractivity contribution in [3.8, 4) is 6.07 Å². The van der Waals surface area contributed by atoms with Crippen LogP contribution in [0.15, 0.2) is 12.3 Å². The van der Waals surface area contributed by atoms with E-state index in [0.717, 1.165) is 37.1 Å². The quantitative estimate of drug-likeness (QED) is 0.700. The Labute approximate surface area is 194 Å². The molecular weight excluding hydrogens is 418 g/mol. The lowest BCUT2D eigenvalue weighted by atomic mass is 9.87. The lowest BCUT2D eigenvalue weighted by Gasteiger charge is -2.37. The number of nitrogens with one attached hydrogen (secondary N) is 1. The van der Waals surface area contributed by atoms with Gasteiger partial charge in [0.2, 0.25) is 5.82 Å². The molecule has 0 saturated carbocycles. The van der Waals surface area contributed by atoms with E-state index in [4.69, 9.17) is 0 Å². The Morgan fingerprint density at radius 2 is 1.97 bits per heavy atom. The van der Waals surface area contributed by atoms with E-state index in [1.54, 1.807) is 6.20 Å². The summed E-state index contributed by atoms with van der Waals surface area (Å²) in [5, 5.41) is 13.1. The average molecular weight is 452 g/mol. The Morgan fingerprint density at radius 1 is 1.27 bits per heavy atom. The summed E-state index contributed by atoms with van der Waals surface area (Å²) in [4.78, 5) is 39.0. The topological polar surface area (TPSA) is 107 Å². The number of imide groups is 1. The van der Waals surface area contributed by atoms with Gasteiger partial charge in [0.25, 0.3) is 5.91 Å². The molecule has 1 N–H and O–H groups in total. The van der Waals surface area contributed by atoms with Crippen LogP contribution in [0.25, 0.3) is 11.0 Å². The van der Waals surface area contributed by atoms with Crippen LogP contribution in [-0.2, 0) is 11.3 Å². The minimum atomic E-state index is -0.815. The van der Waals surface area contributed by atoms with Gasteiger partial charge in [-0.2, -0.15) is 5.26 Å². The maximum Gasteiger partial charge on any atom is 0.325 e. The Bertz CT molecular complexity index is 1120. The molecule has 9 nitrogen and oxygen atoms in total. The van der Waals surface area contributed by atoms with Crippen molar-refractivity contribution in [3.63, 3.8) is 0 Å². The smallest absolute Gasteiger partial charge is 0.325 e. The number of carbonyl (C=O) groups excluding carboxylic acids is 2. The fourth-order valence-corrected chi connectivity index (χ4v) is 5.04. The Kier molecular flexibility index (Phi) is 5.91. The molecule has 0 bridgehead atoms. The summed E-state index contributed by atoms with van der Waals surface area (Å²) in [6.07, 6.45) is 3.96. The van der Waals surface area contributed by atoms with Gasteiger partial charge in [-0.05, 0) is 44.2 Å². The van der Waals surface area contributed by atoms with Gasteiger partial charge in [0.05, 0.1) is 6.04 Å². The number of aromatic nitrogens is 3. The van der Waals surface area contributed by atoms with E-state index in [-0.39, 0.29) is 23.2 Å². The predicted molar refractivity (Wildman–Crippen MR) is 124 cm³/mol. The van der Waals surface area contributed by atoms with Crippen LogP contribution in [0.1, 0.15) is 71.4 Å². The first-order valence-corrected chi connectivity index (χ1v) is 11.7. The summed E-state index contributed by atoms with van der Waals surface area (Å²) in [5.41, 5.74) is 0.564. The number of urea groups is 1. The highest BCUT2D eigenvalue weighted by Crippen LogP contribution is 2.36. The lowest BCUT2D eigenvalue weighted by molar-refractivity contribution is -0.134. The summed E-state index contributed by atoms with van der Waals surface area (Å²) in [6, 6.07) is 3.11. The van der Waals surface area contributed by atoms with Crippen molar-refractivity contribution in [2.75, 3.05) is 19.6 Å². The number of hydrogen-bond donors (Lipinski definition) is 1. The van der Waals surface area contributed by atoms with Crippen LogP contribution in [-0.4, -0.2) is 61.4 Å². The minimum Gasteiger partial charge on any atom is -0.327 e. The van der Waals surface area contributed by atoms with Crippen molar-refractivity contribution >= 4 is 23.0 Å². The number of nitriles is 1. The largest absolute Gasteiger partial charge is 0.327 e. The summed E-state index contributed by atoms with van der Waals surface area (Å²) in [6.45, 7) is 13.6. The number of rotatable bonds is 5. The van der Waals surface area contributed by atoms with E-state index in [0.29, 0.717) is 25.0 Å². The van der Waals surface area contributed by atoms with Crippen molar-refractivity contribution in [1.82, 2.24) is 29.7 Å². The highest BCUT2D eigenvalue weighted by molar-refractivity contribution is 6.07. The number of piperidine rings is 1. The molecule has 2 aromatic rings. The molecule has 1 unspecified atom stereocenters. The highest BCUT2D eigenvalue weighted by atomic mass is 16.2. The zero-order valence-electron chi connectivity index (χ0n) is 20.2. The third kappa shape index (κ3) is 4.20. The first kappa shape index (κ1) is 23.2. The van der Waals surface area contributed by atoms with Crippen LogP contribution >= 0.6 is 0 Å². The second-order valence-corrected chi connectivity index (χ2v) is 10.5. The van der Waals surface area contributed by atoms with Crippen LogP contribution in [0, 0.1) is 16.7 Å². The van der Waals surface area contributed by atoms with Crippen molar-refractivity contribution in [3.05, 3.63) is 23.8 Å². The van der Waals surface area contributed by atoms with Gasteiger partial charge in [-0.25, -0.2) is 14.8 Å². The Morgan fingerprint density at radius 3 is 2.58 bits per heavy atom. The SMILES string of the molecule is CCCN1CCC2(CC1)NC(=O)N(C(C)c1cc3cnc(C#N)nc3n1CC(C)(C)C)C2=O. The minimum absolute atomic E-state index is 0.0806. The van der Waals surface area contributed by atoms with Crippen molar-refractivity contribution in [1.29, 1.82) is 5.26 Å². The molecule has 4 heterocycles. The van der Waals surface area contributed by atoms with Gasteiger partial charge in [-0.3, -0.25) is 9.69 Å². The molecular formula is C24H33N7O2. The zero-order chi connectivity index (χ0) is 24.0. The van der Waals surface area contributed by atoms with Gasteiger partial charge < -0.3 is 14.8 Å². The molecule has 0 radical (unpaired) electrons. The summed E-state index contributed by atoms with van der Waals surface area (Å²) >= 11 is 0. The van der Waals surface area contributed by atoms with Crippen LogP contribution < -0.4 is 5.32 Å². The molecule has 0 aromatic carbocycles. The van der Waals surface area contributed by atoms with E-state index < -0.39 is 11.6 Å². The summed E-state index contributed by atoms with van der Waals surface area (Å²) in [5.74, 6) is -0.0461. The van der Waals surface area contributed by atoms with E-state index >= 15 is 0 Å². The summed E-state index contributed by atoms with van der Waals surface area (Å²) in [7, 11) is 0. The highest BCUT2D eigenvalue weighted by Gasteiger charge is 2.54. The van der Waals surface area contributed by atoms with Gasteiger partial charge in [0, 0.05) is 36.9 Å². The van der Waals surface area contributed by atoms with Gasteiger partial charge in [0.15, 0.2) is 0 Å². The van der Waals surface area contributed by atoms with E-state index in [1.165, 1.54) is 4.90 Å². The third-order valence-electron chi connectivity index (χ3n) is 6.66. The number of hydrogen-bond acceptors (Lipinski definition) is 6. The molecule has 9 heteroatoms. The first-order chi connectivity index (χ1) is 15.6. The van der Waals surface area contributed by atoms with Crippen LogP contribution in [0.3, 0.4) is 0 Å². The second kappa shape index (κ2) is 8.41. The molecule has 0 aliphatic carbocycles. The molecule has 33 heavy (non-hydrogen) atoms. The molecule has 2 aromatic heterocycles. The monoisotopic (exact) mass is 451 g/mol. The molecule has 4 rings (SSSR count). The fourth-order valence-electron chi connectivity index (χ4n) is 5.04. The fraction of sp³-hybridized carbons (Fsp3) is 0.625. The average Bonchev–Trinajstić information content (AvgIpc) is 3.22. The molecule has 3 amide bonds. The van der Waals surface area contributed by atoms with Crippen molar-refractivity contribution in [2.45, 2.75) is 72.0 Å². The van der Waals surface area contributed by atoms with E-state index in [1.807, 2.05) is 23.6 Å². The molecule has 2 aliphatic rings. The molecule has 176 valence electrons. The van der Waals surface area contributed by atoms with Crippen LogP contribution in [0.2, 0.25) is 0 Å². The maximum absolute atomic E-state index is 13.6. The third-order valence-corrected chi connectivity index (χ3v) is 6.66. The zero-order valence-corrected chi connectivity index (χ0v) is 20.2. The van der Waals surface area contributed by atoms with Gasteiger partial charge >= 0.3 is 6.03 Å². The van der Waals surface area contributed by atoms with Crippen LogP contribution in [0.4, 0.5) is 4.79 Å². The van der Waals surface area contributed by atoms with E-state index in [2.05, 4.69) is 47.9 Å². The van der Waals surface area contributed by atoms with Crippen molar-refractivity contribution < 1.29 is 9.59 Å². The standard InChI is InChI=1S/C24H33N7O2/c1-6-9-29-10-7-24(8-11-29)21(32)31(22(33)28-24)16(2)18-12-17-14-26-19(13-25)27-20(17)30(18)15-23(3,4)5/h12,14,16H,6-11,15H2,1-5H3,(H,28,33). The van der Waals surface area contributed by atoms with E-state index in [9.17, 15) is 14.9 Å². The Hall–Kier alpha value is -2.99. The first-order valence-electron chi connectivity index (χ1n) is 11.7. The van der Waals surface area contributed by atoms with Gasteiger partial charge in [-0.1, -0.05) is 27.7 Å². The lowest BCUT2D eigenvalue weighted by Crippen LogP contribution is -2.55. The van der Waals surface area contributed by atoms with Crippen molar-refractivity contribution in [2.24, 2.45) is 5.41 Å². The molecule has 2 aliphatic heterocycles. The molecule has 1 atom stereocenters. The molecule has 2 fully saturated rings. The van der Waals surface area contributed by atoms with Crippen LogP contribution in [0.5, 0.6) is 0 Å². The Balaban J connectivity index is 1.69. The second-order valence-electron chi connectivity index (χ2n) is 10.5.